The molecule has 1 saturated heterocycles. The van der Waals surface area contributed by atoms with Gasteiger partial charge in [-0.1, -0.05) is 12.1 Å². The zero-order chi connectivity index (χ0) is 13.3. The summed E-state index contributed by atoms with van der Waals surface area (Å²) in [6.45, 7) is 8.43. The Bertz CT molecular complexity index is 471. The highest BCUT2D eigenvalue weighted by Gasteiger charge is 2.30. The van der Waals surface area contributed by atoms with Gasteiger partial charge in [-0.05, 0) is 26.8 Å². The van der Waals surface area contributed by atoms with Gasteiger partial charge < -0.3 is 10.2 Å². The van der Waals surface area contributed by atoms with Crippen LogP contribution in [0.2, 0.25) is 0 Å². The minimum atomic E-state index is -0.278. The summed E-state index contributed by atoms with van der Waals surface area (Å²) in [7, 11) is 0. The normalized spacial score (nSPS) is 18.7. The van der Waals surface area contributed by atoms with Crippen LogP contribution < -0.4 is 10.2 Å². The van der Waals surface area contributed by atoms with Crippen molar-refractivity contribution in [2.75, 3.05) is 24.5 Å². The second kappa shape index (κ2) is 4.57. The summed E-state index contributed by atoms with van der Waals surface area (Å²) in [6, 6.07) is 5.51. The number of anilines is 1. The van der Waals surface area contributed by atoms with Gasteiger partial charge in [0.05, 0.1) is 4.92 Å². The number of hydrogen-bond donors (Lipinski definition) is 1. The van der Waals surface area contributed by atoms with Crippen LogP contribution in [0.3, 0.4) is 0 Å². The molecule has 2 rings (SSSR count). The van der Waals surface area contributed by atoms with E-state index in [1.54, 1.807) is 13.0 Å². The molecule has 0 saturated carbocycles. The fourth-order valence-corrected chi connectivity index (χ4v) is 2.48. The number of nitrogens with zero attached hydrogens (tertiary/aromatic N) is 2. The Kier molecular flexibility index (Phi) is 3.26. The molecule has 1 aromatic carbocycles. The van der Waals surface area contributed by atoms with Gasteiger partial charge in [0, 0.05) is 30.7 Å². The van der Waals surface area contributed by atoms with Crippen molar-refractivity contribution in [1.29, 1.82) is 0 Å². The molecule has 1 aliphatic rings. The molecule has 98 valence electrons. The van der Waals surface area contributed by atoms with Gasteiger partial charge in [-0.3, -0.25) is 10.1 Å². The molecule has 0 aromatic heterocycles. The first-order valence-electron chi connectivity index (χ1n) is 6.15. The Morgan fingerprint density at radius 3 is 2.78 bits per heavy atom. The molecule has 1 fully saturated rings. The fourth-order valence-electron chi connectivity index (χ4n) is 2.48. The second-order valence-corrected chi connectivity index (χ2v) is 5.43. The number of para-hydroxylation sites is 1. The van der Waals surface area contributed by atoms with Crippen LogP contribution in [-0.4, -0.2) is 30.1 Å². The van der Waals surface area contributed by atoms with Crippen molar-refractivity contribution in [2.24, 2.45) is 0 Å². The van der Waals surface area contributed by atoms with Crippen LogP contribution in [0.5, 0.6) is 0 Å². The van der Waals surface area contributed by atoms with E-state index in [1.807, 2.05) is 12.1 Å². The van der Waals surface area contributed by atoms with Crippen LogP contribution in [-0.2, 0) is 0 Å². The van der Waals surface area contributed by atoms with Gasteiger partial charge in [0.25, 0.3) is 5.69 Å². The van der Waals surface area contributed by atoms with Crippen LogP contribution in [0.15, 0.2) is 18.2 Å². The van der Waals surface area contributed by atoms with Gasteiger partial charge in [0.2, 0.25) is 0 Å². The SMILES string of the molecule is Cc1cccc(N2CCNC(C)(C)C2)c1[N+](=O)[O-]. The van der Waals surface area contributed by atoms with Crippen molar-refractivity contribution in [2.45, 2.75) is 26.3 Å². The van der Waals surface area contributed by atoms with E-state index < -0.39 is 0 Å². The molecular formula is C13H19N3O2. The highest BCUT2D eigenvalue weighted by atomic mass is 16.6. The van der Waals surface area contributed by atoms with E-state index in [0.29, 0.717) is 5.56 Å². The Morgan fingerprint density at radius 2 is 2.17 bits per heavy atom. The summed E-state index contributed by atoms with van der Waals surface area (Å²) in [5.41, 5.74) is 1.66. The van der Waals surface area contributed by atoms with Crippen molar-refractivity contribution in [1.82, 2.24) is 5.32 Å². The minimum absolute atomic E-state index is 0.0180. The van der Waals surface area contributed by atoms with Crippen LogP contribution >= 0.6 is 0 Å². The molecule has 0 radical (unpaired) electrons. The van der Waals surface area contributed by atoms with Crippen molar-refractivity contribution in [3.8, 4) is 0 Å². The number of piperazine rings is 1. The monoisotopic (exact) mass is 249 g/mol. The van der Waals surface area contributed by atoms with Gasteiger partial charge in [-0.2, -0.15) is 0 Å². The number of benzene rings is 1. The lowest BCUT2D eigenvalue weighted by atomic mass is 10.0. The van der Waals surface area contributed by atoms with Gasteiger partial charge >= 0.3 is 0 Å². The molecular weight excluding hydrogens is 230 g/mol. The topological polar surface area (TPSA) is 58.4 Å². The maximum atomic E-state index is 11.2. The molecule has 0 atom stereocenters. The van der Waals surface area contributed by atoms with Gasteiger partial charge in [-0.25, -0.2) is 0 Å². The molecule has 1 aliphatic heterocycles. The second-order valence-electron chi connectivity index (χ2n) is 5.43. The van der Waals surface area contributed by atoms with Crippen LogP contribution in [0, 0.1) is 17.0 Å². The first-order valence-corrected chi connectivity index (χ1v) is 6.15. The molecule has 0 spiro atoms. The van der Waals surface area contributed by atoms with Crippen LogP contribution in [0.4, 0.5) is 11.4 Å². The van der Waals surface area contributed by atoms with E-state index in [1.165, 1.54) is 0 Å². The lowest BCUT2D eigenvalue weighted by Crippen LogP contribution is -2.57. The van der Waals surface area contributed by atoms with Crippen LogP contribution in [0.25, 0.3) is 0 Å². The van der Waals surface area contributed by atoms with Crippen LogP contribution in [0.1, 0.15) is 19.4 Å². The van der Waals surface area contributed by atoms with Gasteiger partial charge in [0.1, 0.15) is 5.69 Å². The van der Waals surface area contributed by atoms with E-state index in [4.69, 9.17) is 0 Å². The Hall–Kier alpha value is -1.62. The number of aryl methyl sites for hydroxylation is 1. The summed E-state index contributed by atoms with van der Waals surface area (Å²) >= 11 is 0. The van der Waals surface area contributed by atoms with Gasteiger partial charge in [0.15, 0.2) is 0 Å². The maximum absolute atomic E-state index is 11.2. The Balaban J connectivity index is 2.39. The number of rotatable bonds is 2. The lowest BCUT2D eigenvalue weighted by Gasteiger charge is -2.40. The smallest absolute Gasteiger partial charge is 0.295 e. The van der Waals surface area contributed by atoms with E-state index in [-0.39, 0.29) is 16.1 Å². The summed E-state index contributed by atoms with van der Waals surface area (Å²) in [6.07, 6.45) is 0. The Labute approximate surface area is 107 Å². The molecule has 18 heavy (non-hydrogen) atoms. The summed E-state index contributed by atoms with van der Waals surface area (Å²) in [5.74, 6) is 0. The maximum Gasteiger partial charge on any atom is 0.295 e. The van der Waals surface area contributed by atoms with E-state index >= 15 is 0 Å². The summed E-state index contributed by atoms with van der Waals surface area (Å²) in [4.78, 5) is 13.0. The number of nitro benzene ring substituents is 1. The number of nitrogens with one attached hydrogen (secondary N) is 1. The van der Waals surface area contributed by atoms with Crippen molar-refractivity contribution in [3.05, 3.63) is 33.9 Å². The van der Waals surface area contributed by atoms with E-state index in [9.17, 15) is 10.1 Å². The molecule has 0 aliphatic carbocycles. The van der Waals surface area contributed by atoms with E-state index in [0.717, 1.165) is 25.3 Å². The number of nitro groups is 1. The molecule has 5 nitrogen and oxygen atoms in total. The lowest BCUT2D eigenvalue weighted by molar-refractivity contribution is -0.384. The molecule has 1 aromatic rings. The molecule has 5 heteroatoms. The average Bonchev–Trinajstić information content (AvgIpc) is 2.26. The van der Waals surface area contributed by atoms with Gasteiger partial charge in [-0.15, -0.1) is 0 Å². The largest absolute Gasteiger partial charge is 0.363 e. The zero-order valence-corrected chi connectivity index (χ0v) is 11.1. The predicted molar refractivity (Wildman–Crippen MR) is 72.1 cm³/mol. The van der Waals surface area contributed by atoms with Crippen molar-refractivity contribution < 1.29 is 4.92 Å². The quantitative estimate of drug-likeness (QED) is 0.644. The number of hydrogen-bond acceptors (Lipinski definition) is 4. The molecule has 1 heterocycles. The van der Waals surface area contributed by atoms with Crippen molar-refractivity contribution in [3.63, 3.8) is 0 Å². The first kappa shape index (κ1) is 12.8. The molecule has 0 amide bonds. The molecule has 1 N–H and O–H groups in total. The Morgan fingerprint density at radius 1 is 1.44 bits per heavy atom. The summed E-state index contributed by atoms with van der Waals surface area (Å²) < 4.78 is 0. The standard InChI is InChI=1S/C13H19N3O2/c1-10-5-4-6-11(12(10)16(17)18)15-8-7-14-13(2,3)9-15/h4-6,14H,7-9H2,1-3H3. The van der Waals surface area contributed by atoms with Crippen molar-refractivity contribution >= 4 is 11.4 Å². The minimum Gasteiger partial charge on any atom is -0.363 e. The molecule has 0 unspecified atom stereocenters. The summed E-state index contributed by atoms with van der Waals surface area (Å²) in [5, 5.41) is 14.6. The highest BCUT2D eigenvalue weighted by Crippen LogP contribution is 2.32. The predicted octanol–water partition coefficient (Wildman–Crippen LogP) is 2.09. The first-order chi connectivity index (χ1) is 8.41. The van der Waals surface area contributed by atoms with E-state index in [2.05, 4.69) is 24.1 Å². The molecule has 0 bridgehead atoms. The highest BCUT2D eigenvalue weighted by molar-refractivity contribution is 5.67. The third-order valence-corrected chi connectivity index (χ3v) is 3.31. The third kappa shape index (κ3) is 2.46. The fraction of sp³-hybridized carbons (Fsp3) is 0.538. The average molecular weight is 249 g/mol. The third-order valence-electron chi connectivity index (χ3n) is 3.31. The zero-order valence-electron chi connectivity index (χ0n) is 11.1.